The first-order valence-electron chi connectivity index (χ1n) is 7.12. The topological polar surface area (TPSA) is 62.1 Å². The summed E-state index contributed by atoms with van der Waals surface area (Å²) in [5.41, 5.74) is 3.09. The predicted molar refractivity (Wildman–Crippen MR) is 84.7 cm³/mol. The summed E-state index contributed by atoms with van der Waals surface area (Å²) in [5.74, 6) is 0.672. The minimum absolute atomic E-state index is 0.189. The summed E-state index contributed by atoms with van der Waals surface area (Å²) in [7, 11) is 1.65. The summed E-state index contributed by atoms with van der Waals surface area (Å²) in [5, 5.41) is 11.7. The lowest BCUT2D eigenvalue weighted by molar-refractivity contribution is 0.0951. The number of benzene rings is 2. The molecule has 0 aliphatic heterocycles. The van der Waals surface area contributed by atoms with Gasteiger partial charge >= 0.3 is 0 Å². The fraction of sp³-hybridized carbons (Fsp3) is 0.222. The van der Waals surface area contributed by atoms with Crippen LogP contribution in [-0.2, 0) is 13.0 Å². The van der Waals surface area contributed by atoms with Crippen LogP contribution < -0.4 is 10.1 Å². The van der Waals surface area contributed by atoms with E-state index in [1.54, 1.807) is 31.4 Å². The molecule has 4 nitrogen and oxygen atoms in total. The van der Waals surface area contributed by atoms with E-state index in [0.717, 1.165) is 23.3 Å². The molecule has 0 radical (unpaired) electrons. The summed E-state index contributed by atoms with van der Waals surface area (Å²) >= 11 is 0. The third-order valence-corrected chi connectivity index (χ3v) is 3.43. The molecule has 2 aromatic rings. The Bertz CT molecular complexity index is 717. The molecule has 0 fully saturated rings. The third-order valence-electron chi connectivity index (χ3n) is 3.43. The van der Waals surface area contributed by atoms with Gasteiger partial charge < -0.3 is 10.1 Å². The highest BCUT2D eigenvalue weighted by atomic mass is 16.5. The first-order chi connectivity index (χ1) is 10.7. The molecule has 22 heavy (non-hydrogen) atoms. The van der Waals surface area contributed by atoms with Crippen molar-refractivity contribution in [3.8, 4) is 11.8 Å². The van der Waals surface area contributed by atoms with Gasteiger partial charge in [-0.05, 0) is 41.8 Å². The molecular formula is C18H18N2O2. The van der Waals surface area contributed by atoms with Crippen LogP contribution in [0.15, 0.2) is 42.5 Å². The SMILES string of the molecule is CCc1cc(CNC(=O)c2cccc(C#N)c2)ccc1OC. The summed E-state index contributed by atoms with van der Waals surface area (Å²) in [4.78, 5) is 12.1. The van der Waals surface area contributed by atoms with Crippen LogP contribution in [0.5, 0.6) is 5.75 Å². The molecule has 0 aliphatic carbocycles. The number of carbonyl (C=O) groups is 1. The molecule has 2 rings (SSSR count). The van der Waals surface area contributed by atoms with E-state index in [1.807, 2.05) is 24.3 Å². The molecule has 0 unspecified atom stereocenters. The van der Waals surface area contributed by atoms with Gasteiger partial charge in [0.25, 0.3) is 5.91 Å². The van der Waals surface area contributed by atoms with E-state index in [-0.39, 0.29) is 5.91 Å². The van der Waals surface area contributed by atoms with E-state index in [1.165, 1.54) is 0 Å². The molecule has 4 heteroatoms. The van der Waals surface area contributed by atoms with Crippen LogP contribution in [0.1, 0.15) is 34.0 Å². The van der Waals surface area contributed by atoms with E-state index < -0.39 is 0 Å². The normalized spacial score (nSPS) is 9.86. The summed E-state index contributed by atoms with van der Waals surface area (Å²) in [6, 6.07) is 14.6. The zero-order valence-corrected chi connectivity index (χ0v) is 12.7. The minimum Gasteiger partial charge on any atom is -0.496 e. The molecule has 0 spiro atoms. The van der Waals surface area contributed by atoms with E-state index in [0.29, 0.717) is 17.7 Å². The lowest BCUT2D eigenvalue weighted by Gasteiger charge is -2.10. The average Bonchev–Trinajstić information content (AvgIpc) is 2.59. The van der Waals surface area contributed by atoms with Gasteiger partial charge in [0.15, 0.2) is 0 Å². The van der Waals surface area contributed by atoms with Crippen LogP contribution >= 0.6 is 0 Å². The van der Waals surface area contributed by atoms with Crippen molar-refractivity contribution in [3.05, 3.63) is 64.7 Å². The highest BCUT2D eigenvalue weighted by molar-refractivity contribution is 5.94. The van der Waals surface area contributed by atoms with E-state index in [9.17, 15) is 4.79 Å². The Morgan fingerprint density at radius 2 is 2.09 bits per heavy atom. The van der Waals surface area contributed by atoms with Crippen LogP contribution in [0.2, 0.25) is 0 Å². The van der Waals surface area contributed by atoms with Crippen LogP contribution in [0.3, 0.4) is 0 Å². The van der Waals surface area contributed by atoms with Crippen LogP contribution in [0, 0.1) is 11.3 Å². The Morgan fingerprint density at radius 1 is 1.27 bits per heavy atom. The van der Waals surface area contributed by atoms with Gasteiger partial charge in [0.05, 0.1) is 18.7 Å². The molecule has 0 heterocycles. The Balaban J connectivity index is 2.06. The number of amides is 1. The molecular weight excluding hydrogens is 276 g/mol. The fourth-order valence-electron chi connectivity index (χ4n) is 2.23. The van der Waals surface area contributed by atoms with Crippen molar-refractivity contribution in [1.82, 2.24) is 5.32 Å². The van der Waals surface area contributed by atoms with Gasteiger partial charge in [-0.3, -0.25) is 4.79 Å². The Kier molecular flexibility index (Phi) is 5.16. The van der Waals surface area contributed by atoms with Gasteiger partial charge in [-0.25, -0.2) is 0 Å². The number of ether oxygens (including phenoxy) is 1. The quantitative estimate of drug-likeness (QED) is 0.922. The van der Waals surface area contributed by atoms with E-state index in [2.05, 4.69) is 12.2 Å². The second-order valence-electron chi connectivity index (χ2n) is 4.88. The van der Waals surface area contributed by atoms with Crippen LogP contribution in [-0.4, -0.2) is 13.0 Å². The standard InChI is InChI=1S/C18H18N2O2/c1-3-15-10-14(7-8-17(15)22-2)12-20-18(21)16-6-4-5-13(9-16)11-19/h4-10H,3,12H2,1-2H3,(H,20,21). The zero-order chi connectivity index (χ0) is 15.9. The molecule has 0 bridgehead atoms. The maximum absolute atomic E-state index is 12.1. The number of hydrogen-bond acceptors (Lipinski definition) is 3. The number of hydrogen-bond donors (Lipinski definition) is 1. The predicted octanol–water partition coefficient (Wildman–Crippen LogP) is 3.06. The highest BCUT2D eigenvalue weighted by Crippen LogP contribution is 2.20. The Morgan fingerprint density at radius 3 is 2.77 bits per heavy atom. The Hall–Kier alpha value is -2.80. The maximum Gasteiger partial charge on any atom is 0.251 e. The summed E-state index contributed by atoms with van der Waals surface area (Å²) in [6.07, 6.45) is 0.870. The van der Waals surface area contributed by atoms with Crippen molar-refractivity contribution in [3.63, 3.8) is 0 Å². The fourth-order valence-corrected chi connectivity index (χ4v) is 2.23. The number of aryl methyl sites for hydroxylation is 1. The second kappa shape index (κ2) is 7.28. The maximum atomic E-state index is 12.1. The van der Waals surface area contributed by atoms with Crippen molar-refractivity contribution in [2.45, 2.75) is 19.9 Å². The molecule has 0 aliphatic rings. The van der Waals surface area contributed by atoms with E-state index >= 15 is 0 Å². The first-order valence-corrected chi connectivity index (χ1v) is 7.12. The molecule has 0 atom stereocenters. The van der Waals surface area contributed by atoms with Gasteiger partial charge in [0.1, 0.15) is 5.75 Å². The van der Waals surface area contributed by atoms with Crippen molar-refractivity contribution in [2.75, 3.05) is 7.11 Å². The summed E-state index contributed by atoms with van der Waals surface area (Å²) < 4.78 is 5.29. The number of rotatable bonds is 5. The molecule has 1 N–H and O–H groups in total. The van der Waals surface area contributed by atoms with Crippen molar-refractivity contribution in [1.29, 1.82) is 5.26 Å². The van der Waals surface area contributed by atoms with Crippen molar-refractivity contribution in [2.24, 2.45) is 0 Å². The lowest BCUT2D eigenvalue weighted by Crippen LogP contribution is -2.22. The van der Waals surface area contributed by atoms with Crippen molar-refractivity contribution >= 4 is 5.91 Å². The van der Waals surface area contributed by atoms with Gasteiger partial charge in [-0.15, -0.1) is 0 Å². The van der Waals surface area contributed by atoms with Crippen LogP contribution in [0.4, 0.5) is 0 Å². The van der Waals surface area contributed by atoms with E-state index in [4.69, 9.17) is 10.00 Å². The smallest absolute Gasteiger partial charge is 0.251 e. The molecule has 0 aromatic heterocycles. The van der Waals surface area contributed by atoms with Gasteiger partial charge in [0.2, 0.25) is 0 Å². The third kappa shape index (κ3) is 3.64. The van der Waals surface area contributed by atoms with Gasteiger partial charge in [-0.2, -0.15) is 5.26 Å². The molecule has 2 aromatic carbocycles. The first kappa shape index (κ1) is 15.6. The average molecular weight is 294 g/mol. The van der Waals surface area contributed by atoms with Gasteiger partial charge in [0, 0.05) is 12.1 Å². The lowest BCUT2D eigenvalue weighted by atomic mass is 10.1. The molecule has 1 amide bonds. The highest BCUT2D eigenvalue weighted by Gasteiger charge is 2.07. The number of carbonyl (C=O) groups excluding carboxylic acids is 1. The number of nitrogens with zero attached hydrogens (tertiary/aromatic N) is 1. The van der Waals surface area contributed by atoms with Gasteiger partial charge in [-0.1, -0.05) is 25.1 Å². The number of methoxy groups -OCH3 is 1. The Labute approximate surface area is 130 Å². The molecule has 0 saturated heterocycles. The minimum atomic E-state index is -0.189. The number of nitrogens with one attached hydrogen (secondary N) is 1. The second-order valence-corrected chi connectivity index (χ2v) is 4.88. The largest absolute Gasteiger partial charge is 0.496 e. The van der Waals surface area contributed by atoms with Crippen LogP contribution in [0.25, 0.3) is 0 Å². The molecule has 0 saturated carbocycles. The monoisotopic (exact) mass is 294 g/mol. The molecule has 112 valence electrons. The summed E-state index contributed by atoms with van der Waals surface area (Å²) in [6.45, 7) is 2.50. The van der Waals surface area contributed by atoms with Crippen molar-refractivity contribution < 1.29 is 9.53 Å². The number of nitriles is 1. The zero-order valence-electron chi connectivity index (χ0n) is 12.7.